The van der Waals surface area contributed by atoms with E-state index in [0.717, 1.165) is 22.4 Å². The summed E-state index contributed by atoms with van der Waals surface area (Å²) < 4.78 is 4.86. The minimum atomic E-state index is 0.648. The van der Waals surface area contributed by atoms with E-state index >= 15 is 0 Å². The second kappa shape index (κ2) is 10.7. The third-order valence-corrected chi connectivity index (χ3v) is 10.4. The van der Waals surface area contributed by atoms with Crippen LogP contribution >= 0.6 is 11.3 Å². The van der Waals surface area contributed by atoms with Gasteiger partial charge in [0, 0.05) is 58.7 Å². The maximum absolute atomic E-state index is 5.14. The first-order chi connectivity index (χ1) is 23.8. The maximum Gasteiger partial charge on any atom is 0.164 e. The second-order valence-corrected chi connectivity index (χ2v) is 13.1. The Bertz CT molecular complexity index is 2830. The van der Waals surface area contributed by atoms with Gasteiger partial charge in [0.1, 0.15) is 0 Å². The molecule has 3 aromatic heterocycles. The molecular weight excluding hydrogens is 605 g/mol. The summed E-state index contributed by atoms with van der Waals surface area (Å²) in [6, 6.07) is 55.5. The van der Waals surface area contributed by atoms with Crippen LogP contribution in [0.25, 0.3) is 92.6 Å². The predicted octanol–water partition coefficient (Wildman–Crippen LogP) is 11.5. The number of benzene rings is 7. The highest BCUT2D eigenvalue weighted by molar-refractivity contribution is 7.25. The van der Waals surface area contributed by atoms with Crippen LogP contribution < -0.4 is 0 Å². The Balaban J connectivity index is 1.17. The van der Waals surface area contributed by atoms with Crippen LogP contribution in [0, 0.1) is 0 Å². The molecule has 4 nitrogen and oxygen atoms in total. The van der Waals surface area contributed by atoms with Crippen molar-refractivity contribution in [3.8, 4) is 39.9 Å². The lowest BCUT2D eigenvalue weighted by Crippen LogP contribution is -2.01. The molecule has 0 radical (unpaired) electrons. The average Bonchev–Trinajstić information content (AvgIpc) is 3.71. The number of nitrogens with zero attached hydrogens (tertiary/aromatic N) is 4. The van der Waals surface area contributed by atoms with Gasteiger partial charge in [0.15, 0.2) is 17.5 Å². The third-order valence-electron chi connectivity index (χ3n) is 9.25. The molecule has 224 valence electrons. The largest absolute Gasteiger partial charge is 0.309 e. The van der Waals surface area contributed by atoms with E-state index in [4.69, 9.17) is 15.0 Å². The highest BCUT2D eigenvalue weighted by Gasteiger charge is 2.18. The topological polar surface area (TPSA) is 43.6 Å². The molecule has 48 heavy (non-hydrogen) atoms. The molecule has 0 saturated heterocycles. The van der Waals surface area contributed by atoms with Crippen LogP contribution in [0.4, 0.5) is 0 Å². The normalized spacial score (nSPS) is 11.8. The van der Waals surface area contributed by atoms with E-state index in [1.165, 1.54) is 52.8 Å². The van der Waals surface area contributed by atoms with Crippen LogP contribution in [0.1, 0.15) is 0 Å². The molecule has 7 aromatic carbocycles. The van der Waals surface area contributed by atoms with E-state index in [1.807, 2.05) is 18.2 Å². The molecule has 0 amide bonds. The van der Waals surface area contributed by atoms with Crippen molar-refractivity contribution < 1.29 is 0 Å². The minimum Gasteiger partial charge on any atom is -0.309 e. The lowest BCUT2D eigenvalue weighted by Gasteiger charge is -2.12. The Labute approximate surface area is 280 Å². The van der Waals surface area contributed by atoms with E-state index in [0.29, 0.717) is 17.5 Å². The van der Waals surface area contributed by atoms with Gasteiger partial charge in [-0.25, -0.2) is 15.0 Å². The van der Waals surface area contributed by atoms with Gasteiger partial charge >= 0.3 is 0 Å². The SMILES string of the molecule is c1ccc(-c2nc(-c3ccc(-n4c5ccccc5c5ccc6ccccc6c54)cc3)nc(-c3cccc4sc5ccccc5c34)n2)cc1. The molecule has 0 spiro atoms. The first-order valence-electron chi connectivity index (χ1n) is 16.0. The van der Waals surface area contributed by atoms with Crippen LogP contribution in [0.3, 0.4) is 0 Å². The van der Waals surface area contributed by atoms with Gasteiger partial charge in [0.05, 0.1) is 11.0 Å². The fourth-order valence-electron chi connectivity index (χ4n) is 7.06. The fourth-order valence-corrected chi connectivity index (χ4v) is 8.19. The van der Waals surface area contributed by atoms with Crippen molar-refractivity contribution in [2.24, 2.45) is 0 Å². The molecule has 3 heterocycles. The molecule has 10 aromatic rings. The van der Waals surface area contributed by atoms with Gasteiger partial charge < -0.3 is 4.57 Å². The summed E-state index contributed by atoms with van der Waals surface area (Å²) in [5.41, 5.74) is 6.40. The van der Waals surface area contributed by atoms with Crippen LogP contribution in [0.5, 0.6) is 0 Å². The summed E-state index contributed by atoms with van der Waals surface area (Å²) >= 11 is 1.80. The maximum atomic E-state index is 5.14. The highest BCUT2D eigenvalue weighted by atomic mass is 32.1. The Kier molecular flexibility index (Phi) is 6.01. The van der Waals surface area contributed by atoms with Gasteiger partial charge in [0.25, 0.3) is 0 Å². The Morgan fingerprint density at radius 1 is 0.417 bits per heavy atom. The Morgan fingerprint density at radius 2 is 1.06 bits per heavy atom. The quantitative estimate of drug-likeness (QED) is 0.194. The molecule has 0 aliphatic heterocycles. The average molecular weight is 631 g/mol. The molecule has 5 heteroatoms. The Hall–Kier alpha value is -6.17. The Morgan fingerprint density at radius 3 is 1.90 bits per heavy atom. The number of hydrogen-bond donors (Lipinski definition) is 0. The number of fused-ring (bicyclic) bond motifs is 8. The molecule has 0 atom stereocenters. The van der Waals surface area contributed by atoms with E-state index in [2.05, 4.69) is 144 Å². The zero-order chi connectivity index (χ0) is 31.6. The number of hydrogen-bond acceptors (Lipinski definition) is 4. The summed E-state index contributed by atoms with van der Waals surface area (Å²) in [5, 5.41) is 7.36. The summed E-state index contributed by atoms with van der Waals surface area (Å²) in [5.74, 6) is 1.98. The smallest absolute Gasteiger partial charge is 0.164 e. The van der Waals surface area contributed by atoms with Crippen LogP contribution in [-0.2, 0) is 0 Å². The minimum absolute atomic E-state index is 0.648. The van der Waals surface area contributed by atoms with Gasteiger partial charge in [-0.15, -0.1) is 11.3 Å². The van der Waals surface area contributed by atoms with Crippen LogP contribution in [0.2, 0.25) is 0 Å². The van der Waals surface area contributed by atoms with E-state index in [9.17, 15) is 0 Å². The number of rotatable bonds is 4. The predicted molar refractivity (Wildman–Crippen MR) is 201 cm³/mol. The van der Waals surface area contributed by atoms with Gasteiger partial charge in [-0.3, -0.25) is 0 Å². The summed E-state index contributed by atoms with van der Waals surface area (Å²) in [7, 11) is 0. The fraction of sp³-hybridized carbons (Fsp3) is 0. The molecule has 0 fully saturated rings. The van der Waals surface area contributed by atoms with E-state index in [-0.39, 0.29) is 0 Å². The molecule has 0 N–H and O–H groups in total. The van der Waals surface area contributed by atoms with Crippen molar-refractivity contribution in [2.45, 2.75) is 0 Å². The molecular formula is C43H26N4S. The highest BCUT2D eigenvalue weighted by Crippen LogP contribution is 2.40. The zero-order valence-corrected chi connectivity index (χ0v) is 26.5. The molecule has 0 saturated carbocycles. The lowest BCUT2D eigenvalue weighted by atomic mass is 10.1. The van der Waals surface area contributed by atoms with Gasteiger partial charge in [-0.05, 0) is 47.9 Å². The van der Waals surface area contributed by atoms with Crippen LogP contribution in [0.15, 0.2) is 158 Å². The van der Waals surface area contributed by atoms with Crippen molar-refractivity contribution in [3.63, 3.8) is 0 Å². The van der Waals surface area contributed by atoms with Crippen molar-refractivity contribution in [1.29, 1.82) is 0 Å². The molecule has 0 bridgehead atoms. The first kappa shape index (κ1) is 27.0. The molecule has 10 rings (SSSR count). The van der Waals surface area contributed by atoms with Gasteiger partial charge in [-0.1, -0.05) is 115 Å². The van der Waals surface area contributed by atoms with E-state index in [1.54, 1.807) is 11.3 Å². The summed E-state index contributed by atoms with van der Waals surface area (Å²) in [4.78, 5) is 15.3. The zero-order valence-electron chi connectivity index (χ0n) is 25.7. The summed E-state index contributed by atoms with van der Waals surface area (Å²) in [6.45, 7) is 0. The number of aromatic nitrogens is 4. The van der Waals surface area contributed by atoms with Crippen molar-refractivity contribution in [3.05, 3.63) is 158 Å². The summed E-state index contributed by atoms with van der Waals surface area (Å²) in [6.07, 6.45) is 0. The van der Waals surface area contributed by atoms with Gasteiger partial charge in [-0.2, -0.15) is 0 Å². The van der Waals surface area contributed by atoms with Crippen molar-refractivity contribution >= 4 is 64.1 Å². The third kappa shape index (κ3) is 4.18. The van der Waals surface area contributed by atoms with E-state index < -0.39 is 0 Å². The molecule has 0 aliphatic rings. The second-order valence-electron chi connectivity index (χ2n) is 12.0. The lowest BCUT2D eigenvalue weighted by molar-refractivity contribution is 1.07. The van der Waals surface area contributed by atoms with Gasteiger partial charge in [0.2, 0.25) is 0 Å². The van der Waals surface area contributed by atoms with Crippen molar-refractivity contribution in [1.82, 2.24) is 19.5 Å². The monoisotopic (exact) mass is 630 g/mol. The van der Waals surface area contributed by atoms with Crippen LogP contribution in [-0.4, -0.2) is 19.5 Å². The standard InChI is InChI=1S/C43H26N4S/c1-2-12-28(13-3-1)41-44-42(46-43(45-41)35-17-10-20-38-39(35)34-16-7-9-19-37(34)48-38)29-21-24-30(25-22-29)47-36-18-8-6-15-32(36)33-26-23-27-11-4-5-14-31(27)40(33)47/h1-26H. The molecule has 0 aliphatic carbocycles. The van der Waals surface area contributed by atoms with Crippen molar-refractivity contribution in [2.75, 3.05) is 0 Å². The first-order valence-corrected chi connectivity index (χ1v) is 16.9. The number of thiophene rings is 1. The number of para-hydroxylation sites is 1. The molecule has 0 unspecified atom stereocenters.